The van der Waals surface area contributed by atoms with Gasteiger partial charge in [0.25, 0.3) is 0 Å². The van der Waals surface area contributed by atoms with E-state index < -0.39 is 34.5 Å². The normalized spacial score (nSPS) is 10.4. The third kappa shape index (κ3) is 2.83. The van der Waals surface area contributed by atoms with Crippen LogP contribution < -0.4 is 0 Å². The van der Waals surface area contributed by atoms with Gasteiger partial charge < -0.3 is 0 Å². The molecule has 0 N–H and O–H groups in total. The first-order valence-corrected chi connectivity index (χ1v) is 4.37. The van der Waals surface area contributed by atoms with Gasteiger partial charge in [-0.3, -0.25) is 0 Å². The smallest absolute Gasteiger partial charge is 0.204 e. The number of hydrogen-bond acceptors (Lipinski definition) is 2. The maximum absolute atomic E-state index is 12.9. The van der Waals surface area contributed by atoms with Gasteiger partial charge in [-0.2, -0.15) is 23.7 Å². The lowest BCUT2D eigenvalue weighted by molar-refractivity contribution is -0.137. The molecule has 2 nitrogen and oxygen atoms in total. The highest BCUT2D eigenvalue weighted by Crippen LogP contribution is 2.34. The van der Waals surface area contributed by atoms with Crippen LogP contribution in [0.25, 0.3) is 6.08 Å². The van der Waals surface area contributed by atoms with E-state index in [2.05, 4.69) is 0 Å². The minimum absolute atomic E-state index is 0.0203. The van der Waals surface area contributed by atoms with Crippen molar-refractivity contribution in [2.45, 2.75) is 6.18 Å². The summed E-state index contributed by atoms with van der Waals surface area (Å²) >= 11 is 0. The Bertz CT molecular complexity index is 571. The molecule has 0 aliphatic heterocycles. The van der Waals surface area contributed by atoms with Crippen LogP contribution in [0.1, 0.15) is 11.1 Å². The molecule has 7 heteroatoms. The Hall–Kier alpha value is -2.41. The van der Waals surface area contributed by atoms with E-state index in [1.807, 2.05) is 0 Å². The van der Waals surface area contributed by atoms with Gasteiger partial charge in [0.1, 0.15) is 17.7 Å². The molecular weight excluding hydrogens is 255 g/mol. The lowest BCUT2D eigenvalue weighted by Gasteiger charge is -2.10. The van der Waals surface area contributed by atoms with Crippen LogP contribution in [0, 0.1) is 34.3 Å². The average molecular weight is 258 g/mol. The van der Waals surface area contributed by atoms with Crippen molar-refractivity contribution < 1.29 is 22.0 Å². The van der Waals surface area contributed by atoms with Gasteiger partial charge in [0.2, 0.25) is 0 Å². The molecule has 0 unspecified atom stereocenters. The predicted molar refractivity (Wildman–Crippen MR) is 50.6 cm³/mol. The number of benzene rings is 1. The molecule has 0 saturated carbocycles. The van der Waals surface area contributed by atoms with Crippen molar-refractivity contribution in [2.75, 3.05) is 0 Å². The van der Waals surface area contributed by atoms with E-state index in [4.69, 9.17) is 10.5 Å². The second-order valence-corrected chi connectivity index (χ2v) is 3.13. The van der Waals surface area contributed by atoms with E-state index in [0.29, 0.717) is 6.08 Å². The zero-order valence-corrected chi connectivity index (χ0v) is 8.52. The molecule has 0 saturated heterocycles. The molecule has 0 aliphatic carbocycles. The maximum Gasteiger partial charge on any atom is 0.417 e. The number of nitriles is 2. The highest BCUT2D eigenvalue weighted by molar-refractivity contribution is 5.64. The fourth-order valence-corrected chi connectivity index (χ4v) is 1.17. The Labute approximate surface area is 98.2 Å². The molecule has 92 valence electrons. The fraction of sp³-hybridized carbons (Fsp3) is 0.0909. The molecule has 0 aromatic heterocycles. The molecule has 18 heavy (non-hydrogen) atoms. The van der Waals surface area contributed by atoms with E-state index in [-0.39, 0.29) is 12.1 Å². The fourth-order valence-electron chi connectivity index (χ4n) is 1.17. The molecule has 0 heterocycles. The average Bonchev–Trinajstić information content (AvgIpc) is 2.28. The largest absolute Gasteiger partial charge is 0.417 e. The first-order chi connectivity index (χ1) is 8.29. The quantitative estimate of drug-likeness (QED) is 0.572. The van der Waals surface area contributed by atoms with Crippen molar-refractivity contribution in [1.82, 2.24) is 0 Å². The van der Waals surface area contributed by atoms with Gasteiger partial charge in [-0.25, -0.2) is 8.78 Å². The summed E-state index contributed by atoms with van der Waals surface area (Å²) in [5, 5.41) is 16.8. The Morgan fingerprint density at radius 1 is 1.06 bits per heavy atom. The van der Waals surface area contributed by atoms with Gasteiger partial charge in [-0.05, 0) is 23.8 Å². The monoisotopic (exact) mass is 258 g/mol. The minimum Gasteiger partial charge on any atom is -0.204 e. The third-order valence-corrected chi connectivity index (χ3v) is 1.94. The van der Waals surface area contributed by atoms with Crippen LogP contribution in [0.3, 0.4) is 0 Å². The number of nitrogens with zero attached hydrogens (tertiary/aromatic N) is 2. The molecule has 1 rings (SSSR count). The van der Waals surface area contributed by atoms with Crippen LogP contribution in [0.15, 0.2) is 17.7 Å². The summed E-state index contributed by atoms with van der Waals surface area (Å²) in [6.45, 7) is 0. The minimum atomic E-state index is -4.92. The molecule has 1 aromatic rings. The predicted octanol–water partition coefficient (Wildman–Crippen LogP) is 3.41. The Morgan fingerprint density at radius 2 is 1.56 bits per heavy atom. The van der Waals surface area contributed by atoms with Crippen molar-refractivity contribution in [3.63, 3.8) is 0 Å². The summed E-state index contributed by atoms with van der Waals surface area (Å²) < 4.78 is 63.2. The highest BCUT2D eigenvalue weighted by Gasteiger charge is 2.34. The van der Waals surface area contributed by atoms with Crippen LogP contribution in [0.5, 0.6) is 0 Å². The number of alkyl halides is 3. The highest BCUT2D eigenvalue weighted by atomic mass is 19.4. The van der Waals surface area contributed by atoms with E-state index in [9.17, 15) is 22.0 Å². The zero-order valence-electron chi connectivity index (χ0n) is 8.52. The molecule has 0 bridgehead atoms. The molecule has 1 aromatic carbocycles. The molecule has 0 aliphatic rings. The topological polar surface area (TPSA) is 47.6 Å². The van der Waals surface area contributed by atoms with Gasteiger partial charge in [-0.1, -0.05) is 0 Å². The van der Waals surface area contributed by atoms with E-state index in [1.54, 1.807) is 0 Å². The molecule has 0 amide bonds. The number of rotatable bonds is 1. The van der Waals surface area contributed by atoms with Crippen molar-refractivity contribution in [1.29, 1.82) is 10.5 Å². The van der Waals surface area contributed by atoms with Gasteiger partial charge >= 0.3 is 6.18 Å². The second-order valence-electron chi connectivity index (χ2n) is 3.13. The molecular formula is C11H3F5N2. The van der Waals surface area contributed by atoms with Gasteiger partial charge in [-0.15, -0.1) is 0 Å². The molecule has 0 spiro atoms. The Kier molecular flexibility index (Phi) is 3.67. The van der Waals surface area contributed by atoms with Crippen LogP contribution in [0.2, 0.25) is 0 Å². The van der Waals surface area contributed by atoms with Crippen LogP contribution in [-0.4, -0.2) is 0 Å². The lowest BCUT2D eigenvalue weighted by atomic mass is 10.0. The summed E-state index contributed by atoms with van der Waals surface area (Å²) in [5.41, 5.74) is -2.88. The summed E-state index contributed by atoms with van der Waals surface area (Å²) in [6.07, 6.45) is -4.37. The first-order valence-electron chi connectivity index (χ1n) is 4.37. The van der Waals surface area contributed by atoms with Crippen molar-refractivity contribution >= 4 is 6.08 Å². The summed E-state index contributed by atoms with van der Waals surface area (Å²) in [4.78, 5) is 0. The number of allylic oxidation sites excluding steroid dienone is 1. The zero-order chi connectivity index (χ0) is 13.9. The standard InChI is InChI=1S/C11H3F5N2/c12-9-2-7(1-6(4-17)5-18)8(3-10(9)13)11(14,15)16/h1-3H. The van der Waals surface area contributed by atoms with E-state index >= 15 is 0 Å². The summed E-state index contributed by atoms with van der Waals surface area (Å²) in [5.74, 6) is -3.15. The summed E-state index contributed by atoms with van der Waals surface area (Å²) in [7, 11) is 0. The Balaban J connectivity index is 3.54. The molecule has 0 radical (unpaired) electrons. The maximum atomic E-state index is 12.9. The lowest BCUT2D eigenvalue weighted by Crippen LogP contribution is -2.09. The van der Waals surface area contributed by atoms with Crippen molar-refractivity contribution in [3.8, 4) is 12.1 Å². The van der Waals surface area contributed by atoms with Crippen LogP contribution >= 0.6 is 0 Å². The van der Waals surface area contributed by atoms with Crippen molar-refractivity contribution in [2.24, 2.45) is 0 Å². The van der Waals surface area contributed by atoms with E-state index in [1.165, 1.54) is 12.1 Å². The first kappa shape index (κ1) is 13.7. The van der Waals surface area contributed by atoms with E-state index in [0.717, 1.165) is 0 Å². The van der Waals surface area contributed by atoms with Crippen LogP contribution in [0.4, 0.5) is 22.0 Å². The SMILES string of the molecule is N#CC(C#N)=Cc1cc(F)c(F)cc1C(F)(F)F. The second kappa shape index (κ2) is 4.84. The van der Waals surface area contributed by atoms with Crippen molar-refractivity contribution in [3.05, 3.63) is 40.5 Å². The third-order valence-electron chi connectivity index (χ3n) is 1.94. The Morgan fingerprint density at radius 3 is 2.00 bits per heavy atom. The van der Waals surface area contributed by atoms with Gasteiger partial charge in [0.05, 0.1) is 5.56 Å². The van der Waals surface area contributed by atoms with Crippen LogP contribution in [-0.2, 0) is 6.18 Å². The molecule has 0 fully saturated rings. The number of halogens is 5. The van der Waals surface area contributed by atoms with Gasteiger partial charge in [0.15, 0.2) is 11.6 Å². The summed E-state index contributed by atoms with van der Waals surface area (Å²) in [6, 6.07) is 2.92. The number of hydrogen-bond donors (Lipinski definition) is 0. The molecule has 0 atom stereocenters. The van der Waals surface area contributed by atoms with Gasteiger partial charge in [0, 0.05) is 0 Å².